The van der Waals surface area contributed by atoms with Crippen molar-refractivity contribution in [1.82, 2.24) is 5.32 Å². The molecule has 4 heteroatoms. The Kier molecular flexibility index (Phi) is 5.10. The Morgan fingerprint density at radius 1 is 1.41 bits per heavy atom. The molecular formula is C13H18FNO2. The minimum absolute atomic E-state index is 0.0246. The van der Waals surface area contributed by atoms with Gasteiger partial charge in [0.05, 0.1) is 12.5 Å². The number of benzene rings is 1. The first-order chi connectivity index (χ1) is 7.99. The van der Waals surface area contributed by atoms with Crippen molar-refractivity contribution in [1.29, 1.82) is 0 Å². The van der Waals surface area contributed by atoms with Crippen LogP contribution in [0.3, 0.4) is 0 Å². The number of aliphatic hydroxyl groups is 1. The van der Waals surface area contributed by atoms with Crippen molar-refractivity contribution in [3.63, 3.8) is 0 Å². The second-order valence-electron chi connectivity index (χ2n) is 4.32. The molecule has 1 aromatic carbocycles. The van der Waals surface area contributed by atoms with Crippen LogP contribution in [0.1, 0.15) is 25.8 Å². The smallest absolute Gasteiger partial charge is 0.224 e. The molecule has 3 nitrogen and oxygen atoms in total. The highest BCUT2D eigenvalue weighted by Gasteiger charge is 2.11. The van der Waals surface area contributed by atoms with Crippen LogP contribution in [-0.4, -0.2) is 23.2 Å². The number of hydrogen-bond donors (Lipinski definition) is 2. The van der Waals surface area contributed by atoms with Crippen LogP contribution in [0.25, 0.3) is 0 Å². The first-order valence-electron chi connectivity index (χ1n) is 5.70. The van der Waals surface area contributed by atoms with E-state index in [1.54, 1.807) is 25.1 Å². The maximum absolute atomic E-state index is 13.3. The van der Waals surface area contributed by atoms with Gasteiger partial charge in [-0.05, 0) is 31.9 Å². The highest BCUT2D eigenvalue weighted by atomic mass is 19.1. The molecule has 0 aromatic heterocycles. The molecule has 0 bridgehead atoms. The molecule has 0 spiro atoms. The number of carbonyl (C=O) groups excluding carboxylic acids is 1. The lowest BCUT2D eigenvalue weighted by molar-refractivity contribution is -0.121. The van der Waals surface area contributed by atoms with E-state index < -0.39 is 6.10 Å². The van der Waals surface area contributed by atoms with Crippen LogP contribution in [0.2, 0.25) is 0 Å². The van der Waals surface area contributed by atoms with Crippen molar-refractivity contribution in [2.24, 2.45) is 0 Å². The van der Waals surface area contributed by atoms with Gasteiger partial charge in [0.1, 0.15) is 5.82 Å². The molecule has 0 saturated heterocycles. The number of halogens is 1. The van der Waals surface area contributed by atoms with Gasteiger partial charge >= 0.3 is 0 Å². The van der Waals surface area contributed by atoms with E-state index in [9.17, 15) is 9.18 Å². The average molecular weight is 239 g/mol. The zero-order valence-corrected chi connectivity index (χ0v) is 10.1. The van der Waals surface area contributed by atoms with Crippen molar-refractivity contribution in [3.8, 4) is 0 Å². The fourth-order valence-electron chi connectivity index (χ4n) is 1.71. The molecule has 2 atom stereocenters. The molecule has 0 radical (unpaired) electrons. The molecule has 1 aromatic rings. The summed E-state index contributed by atoms with van der Waals surface area (Å²) in [5.74, 6) is -0.603. The first kappa shape index (κ1) is 13.6. The van der Waals surface area contributed by atoms with Gasteiger partial charge in [-0.25, -0.2) is 4.39 Å². The van der Waals surface area contributed by atoms with Crippen LogP contribution in [0.5, 0.6) is 0 Å². The summed E-state index contributed by atoms with van der Waals surface area (Å²) >= 11 is 0. The SMILES string of the molecule is CC(O)CC(C)NC(=O)Cc1ccccc1F. The Labute approximate surface area is 101 Å². The number of carbonyl (C=O) groups is 1. The third-order valence-corrected chi connectivity index (χ3v) is 2.41. The summed E-state index contributed by atoms with van der Waals surface area (Å²) in [4.78, 5) is 11.6. The van der Waals surface area contributed by atoms with Crippen molar-refractivity contribution in [2.75, 3.05) is 0 Å². The van der Waals surface area contributed by atoms with Gasteiger partial charge in [0.2, 0.25) is 5.91 Å². The van der Waals surface area contributed by atoms with E-state index in [2.05, 4.69) is 5.32 Å². The summed E-state index contributed by atoms with van der Waals surface area (Å²) in [5, 5.41) is 11.9. The number of amides is 1. The summed E-state index contributed by atoms with van der Waals surface area (Å²) < 4.78 is 13.3. The zero-order chi connectivity index (χ0) is 12.8. The Hall–Kier alpha value is -1.42. The van der Waals surface area contributed by atoms with E-state index in [1.807, 2.05) is 6.92 Å². The number of nitrogens with one attached hydrogen (secondary N) is 1. The molecule has 94 valence electrons. The van der Waals surface area contributed by atoms with Crippen LogP contribution in [0, 0.1) is 5.82 Å². The van der Waals surface area contributed by atoms with Gasteiger partial charge in [-0.1, -0.05) is 18.2 Å². The van der Waals surface area contributed by atoms with Crippen molar-refractivity contribution in [2.45, 2.75) is 38.8 Å². The predicted molar refractivity (Wildman–Crippen MR) is 64.0 cm³/mol. The highest BCUT2D eigenvalue weighted by Crippen LogP contribution is 2.07. The summed E-state index contributed by atoms with van der Waals surface area (Å²) in [6.07, 6.45) is 0.0542. The van der Waals surface area contributed by atoms with E-state index in [-0.39, 0.29) is 24.2 Å². The van der Waals surface area contributed by atoms with Crippen LogP contribution in [0.15, 0.2) is 24.3 Å². The van der Waals surface area contributed by atoms with Crippen LogP contribution in [-0.2, 0) is 11.2 Å². The first-order valence-corrected chi connectivity index (χ1v) is 5.70. The van der Waals surface area contributed by atoms with E-state index in [0.717, 1.165) is 0 Å². The summed E-state index contributed by atoms with van der Waals surface area (Å²) in [7, 11) is 0. The number of aliphatic hydroxyl groups excluding tert-OH is 1. The van der Waals surface area contributed by atoms with E-state index in [4.69, 9.17) is 5.11 Å². The maximum Gasteiger partial charge on any atom is 0.224 e. The summed E-state index contributed by atoms with van der Waals surface area (Å²) in [5.41, 5.74) is 0.384. The lowest BCUT2D eigenvalue weighted by Crippen LogP contribution is -2.35. The molecule has 2 N–H and O–H groups in total. The fourth-order valence-corrected chi connectivity index (χ4v) is 1.71. The Bertz CT molecular complexity index is 379. The molecule has 17 heavy (non-hydrogen) atoms. The van der Waals surface area contributed by atoms with Crippen LogP contribution < -0.4 is 5.32 Å². The summed E-state index contributed by atoms with van der Waals surface area (Å²) in [6, 6.07) is 6.10. The van der Waals surface area contributed by atoms with E-state index in [0.29, 0.717) is 12.0 Å². The van der Waals surface area contributed by atoms with Gasteiger partial charge in [0.25, 0.3) is 0 Å². The van der Waals surface area contributed by atoms with Crippen LogP contribution in [0.4, 0.5) is 4.39 Å². The molecule has 0 heterocycles. The third kappa shape index (κ3) is 4.95. The molecule has 1 rings (SSSR count). The Morgan fingerprint density at radius 3 is 2.65 bits per heavy atom. The molecule has 0 fully saturated rings. The van der Waals surface area contributed by atoms with Gasteiger partial charge in [-0.2, -0.15) is 0 Å². The Morgan fingerprint density at radius 2 is 2.06 bits per heavy atom. The topological polar surface area (TPSA) is 49.3 Å². The average Bonchev–Trinajstić information content (AvgIpc) is 2.19. The molecule has 0 saturated carbocycles. The van der Waals surface area contributed by atoms with Gasteiger partial charge < -0.3 is 10.4 Å². The fraction of sp³-hybridized carbons (Fsp3) is 0.462. The van der Waals surface area contributed by atoms with Gasteiger partial charge in [0.15, 0.2) is 0 Å². The largest absolute Gasteiger partial charge is 0.393 e. The monoisotopic (exact) mass is 239 g/mol. The lowest BCUT2D eigenvalue weighted by Gasteiger charge is -2.15. The second-order valence-corrected chi connectivity index (χ2v) is 4.32. The van der Waals surface area contributed by atoms with Gasteiger partial charge in [-0.15, -0.1) is 0 Å². The summed E-state index contributed by atoms with van der Waals surface area (Å²) in [6.45, 7) is 3.48. The Balaban J connectivity index is 2.47. The normalized spacial score (nSPS) is 14.1. The van der Waals surface area contributed by atoms with Crippen molar-refractivity contribution >= 4 is 5.91 Å². The maximum atomic E-state index is 13.3. The number of hydrogen-bond acceptors (Lipinski definition) is 2. The molecule has 2 unspecified atom stereocenters. The molecule has 1 amide bonds. The van der Waals surface area contributed by atoms with Gasteiger partial charge in [0, 0.05) is 6.04 Å². The lowest BCUT2D eigenvalue weighted by atomic mass is 10.1. The molecule has 0 aliphatic carbocycles. The predicted octanol–water partition coefficient (Wildman–Crippen LogP) is 1.64. The number of rotatable bonds is 5. The quantitative estimate of drug-likeness (QED) is 0.820. The third-order valence-electron chi connectivity index (χ3n) is 2.41. The molecular weight excluding hydrogens is 221 g/mol. The van der Waals surface area contributed by atoms with Crippen LogP contribution >= 0.6 is 0 Å². The minimum Gasteiger partial charge on any atom is -0.393 e. The van der Waals surface area contributed by atoms with Crippen molar-refractivity contribution < 1.29 is 14.3 Å². The highest BCUT2D eigenvalue weighted by molar-refractivity contribution is 5.78. The van der Waals surface area contributed by atoms with E-state index >= 15 is 0 Å². The standard InChI is InChI=1S/C13H18FNO2/c1-9(7-10(2)16)15-13(17)8-11-5-3-4-6-12(11)14/h3-6,9-10,16H,7-8H2,1-2H3,(H,15,17). The van der Waals surface area contributed by atoms with Gasteiger partial charge in [-0.3, -0.25) is 4.79 Å². The second kappa shape index (κ2) is 6.35. The minimum atomic E-state index is -0.459. The zero-order valence-electron chi connectivity index (χ0n) is 10.1. The molecule has 0 aliphatic heterocycles. The molecule has 0 aliphatic rings. The van der Waals surface area contributed by atoms with E-state index in [1.165, 1.54) is 6.07 Å². The van der Waals surface area contributed by atoms with Crippen molar-refractivity contribution in [3.05, 3.63) is 35.6 Å².